The first-order valence-electron chi connectivity index (χ1n) is 9.54. The summed E-state index contributed by atoms with van der Waals surface area (Å²) in [7, 11) is 0. The molecule has 1 aromatic heterocycles. The molecule has 31 heavy (non-hydrogen) atoms. The van der Waals surface area contributed by atoms with E-state index >= 15 is 0 Å². The smallest absolute Gasteiger partial charge is 0.271 e. The van der Waals surface area contributed by atoms with E-state index in [1.807, 2.05) is 48.5 Å². The summed E-state index contributed by atoms with van der Waals surface area (Å²) in [6, 6.07) is 21.5. The van der Waals surface area contributed by atoms with Gasteiger partial charge in [-0.25, -0.2) is 9.37 Å². The molecule has 4 nitrogen and oxygen atoms in total. The highest BCUT2D eigenvalue weighted by Crippen LogP contribution is 2.29. The maximum Gasteiger partial charge on any atom is 0.271 e. The van der Waals surface area contributed by atoms with Crippen LogP contribution in [0.25, 0.3) is 10.6 Å². The first-order chi connectivity index (χ1) is 15.1. The zero-order valence-electron chi connectivity index (χ0n) is 16.3. The van der Waals surface area contributed by atoms with Crippen LogP contribution in [0.2, 0.25) is 5.02 Å². The third kappa shape index (κ3) is 5.29. The van der Waals surface area contributed by atoms with Gasteiger partial charge in [0, 0.05) is 34.1 Å². The van der Waals surface area contributed by atoms with Crippen molar-refractivity contribution in [3.8, 4) is 16.3 Å². The zero-order chi connectivity index (χ0) is 21.6. The molecule has 0 fully saturated rings. The number of carbonyl (C=O) groups excluding carboxylic acids is 1. The van der Waals surface area contributed by atoms with Gasteiger partial charge in [-0.15, -0.1) is 11.3 Å². The van der Waals surface area contributed by atoms with E-state index in [2.05, 4.69) is 10.3 Å². The average Bonchev–Trinajstić information content (AvgIpc) is 3.28. The summed E-state index contributed by atoms with van der Waals surface area (Å²) < 4.78 is 20.3. The molecule has 4 rings (SSSR count). The molecule has 0 bridgehead atoms. The van der Waals surface area contributed by atoms with E-state index < -0.39 is 5.82 Å². The summed E-state index contributed by atoms with van der Waals surface area (Å²) in [5.41, 5.74) is 2.39. The molecule has 0 spiro atoms. The van der Waals surface area contributed by atoms with Crippen LogP contribution in [0, 0.1) is 5.82 Å². The molecule has 4 aromatic rings. The Morgan fingerprint density at radius 3 is 2.61 bits per heavy atom. The van der Waals surface area contributed by atoms with Crippen LogP contribution < -0.4 is 10.1 Å². The average molecular weight is 453 g/mol. The van der Waals surface area contributed by atoms with Gasteiger partial charge >= 0.3 is 0 Å². The Kier molecular flexibility index (Phi) is 6.60. The number of ether oxygens (including phenoxy) is 1. The highest BCUT2D eigenvalue weighted by molar-refractivity contribution is 7.13. The zero-order valence-corrected chi connectivity index (χ0v) is 17.9. The number of halogens is 2. The van der Waals surface area contributed by atoms with Crippen molar-refractivity contribution in [3.63, 3.8) is 0 Å². The van der Waals surface area contributed by atoms with Crippen LogP contribution in [0.1, 0.15) is 21.6 Å². The number of aromatic nitrogens is 1. The van der Waals surface area contributed by atoms with Gasteiger partial charge in [0.15, 0.2) is 0 Å². The third-order valence-corrected chi connectivity index (χ3v) is 5.80. The first kappa shape index (κ1) is 21.0. The molecule has 156 valence electrons. The van der Waals surface area contributed by atoms with E-state index in [0.717, 1.165) is 11.1 Å². The number of nitrogens with zero attached hydrogens (tertiary/aromatic N) is 1. The number of carbonyl (C=O) groups is 1. The SMILES string of the molecule is O=C(NCc1ccccc1)c1csc(-c2ccc(OCc3ccccc3Cl)cc2F)n1. The molecule has 0 atom stereocenters. The van der Waals surface area contributed by atoms with E-state index in [1.165, 1.54) is 17.4 Å². The number of nitrogens with one attached hydrogen (secondary N) is 1. The maximum atomic E-state index is 14.7. The molecule has 0 radical (unpaired) electrons. The van der Waals surface area contributed by atoms with Gasteiger partial charge in [0.05, 0.1) is 0 Å². The number of thiazole rings is 1. The molecule has 3 aromatic carbocycles. The molecule has 0 saturated carbocycles. The Bertz CT molecular complexity index is 1200. The second kappa shape index (κ2) is 9.73. The van der Waals surface area contributed by atoms with Crippen molar-refractivity contribution >= 4 is 28.8 Å². The topological polar surface area (TPSA) is 51.2 Å². The number of amides is 1. The summed E-state index contributed by atoms with van der Waals surface area (Å²) in [5, 5.41) is 5.47. The number of hydrogen-bond donors (Lipinski definition) is 1. The van der Waals surface area contributed by atoms with Crippen molar-refractivity contribution < 1.29 is 13.9 Å². The lowest BCUT2D eigenvalue weighted by atomic mass is 10.2. The van der Waals surface area contributed by atoms with Crippen LogP contribution >= 0.6 is 22.9 Å². The van der Waals surface area contributed by atoms with Crippen LogP contribution in [-0.2, 0) is 13.2 Å². The normalized spacial score (nSPS) is 10.6. The molecule has 0 saturated heterocycles. The van der Waals surface area contributed by atoms with Crippen LogP contribution in [0.5, 0.6) is 5.75 Å². The Morgan fingerprint density at radius 2 is 1.84 bits per heavy atom. The fourth-order valence-electron chi connectivity index (χ4n) is 2.91. The van der Waals surface area contributed by atoms with Crippen LogP contribution in [0.4, 0.5) is 4.39 Å². The van der Waals surface area contributed by atoms with Gasteiger partial charge in [0.1, 0.15) is 28.9 Å². The Balaban J connectivity index is 1.41. The van der Waals surface area contributed by atoms with Crippen molar-refractivity contribution in [2.45, 2.75) is 13.2 Å². The highest BCUT2D eigenvalue weighted by Gasteiger charge is 2.15. The van der Waals surface area contributed by atoms with Gasteiger partial charge in [-0.05, 0) is 23.8 Å². The van der Waals surface area contributed by atoms with Gasteiger partial charge in [0.25, 0.3) is 5.91 Å². The fraction of sp³-hybridized carbons (Fsp3) is 0.0833. The van der Waals surface area contributed by atoms with Crippen LogP contribution in [0.15, 0.2) is 78.2 Å². The van der Waals surface area contributed by atoms with Crippen molar-refractivity contribution in [1.29, 1.82) is 0 Å². The lowest BCUT2D eigenvalue weighted by molar-refractivity contribution is 0.0946. The molecule has 0 aliphatic carbocycles. The Labute approximate surface area is 188 Å². The monoisotopic (exact) mass is 452 g/mol. The molecule has 1 heterocycles. The second-order valence-corrected chi connectivity index (χ2v) is 7.99. The fourth-order valence-corrected chi connectivity index (χ4v) is 3.92. The van der Waals surface area contributed by atoms with Gasteiger partial charge in [0.2, 0.25) is 0 Å². The summed E-state index contributed by atoms with van der Waals surface area (Å²) in [4.78, 5) is 16.7. The summed E-state index contributed by atoms with van der Waals surface area (Å²) in [6.07, 6.45) is 0. The van der Waals surface area contributed by atoms with Crippen molar-refractivity contribution in [2.24, 2.45) is 0 Å². The van der Waals surface area contributed by atoms with E-state index in [9.17, 15) is 9.18 Å². The lowest BCUT2D eigenvalue weighted by Crippen LogP contribution is -2.23. The quantitative estimate of drug-likeness (QED) is 0.368. The van der Waals surface area contributed by atoms with E-state index in [0.29, 0.717) is 27.9 Å². The first-order valence-corrected chi connectivity index (χ1v) is 10.8. The molecular weight excluding hydrogens is 435 g/mol. The largest absolute Gasteiger partial charge is 0.489 e. The van der Waals surface area contributed by atoms with E-state index in [1.54, 1.807) is 23.6 Å². The minimum absolute atomic E-state index is 0.238. The Hall–Kier alpha value is -3.22. The van der Waals surface area contributed by atoms with Crippen molar-refractivity contribution in [2.75, 3.05) is 0 Å². The van der Waals surface area contributed by atoms with E-state index in [4.69, 9.17) is 16.3 Å². The van der Waals surface area contributed by atoms with Gasteiger partial charge in [-0.3, -0.25) is 4.79 Å². The molecule has 0 aliphatic rings. The minimum atomic E-state index is -0.470. The van der Waals surface area contributed by atoms with Gasteiger partial charge in [-0.2, -0.15) is 0 Å². The molecular formula is C24H18ClFN2O2S. The molecule has 7 heteroatoms. The molecule has 0 aliphatic heterocycles. The molecule has 0 unspecified atom stereocenters. The van der Waals surface area contributed by atoms with Crippen LogP contribution in [-0.4, -0.2) is 10.9 Å². The molecule has 1 N–H and O–H groups in total. The summed E-state index contributed by atoms with van der Waals surface area (Å²) in [6.45, 7) is 0.639. The van der Waals surface area contributed by atoms with Gasteiger partial charge < -0.3 is 10.1 Å². The van der Waals surface area contributed by atoms with Crippen molar-refractivity contribution in [3.05, 3.63) is 106 Å². The highest BCUT2D eigenvalue weighted by atomic mass is 35.5. The predicted octanol–water partition coefficient (Wildman–Crippen LogP) is 6.11. The predicted molar refractivity (Wildman–Crippen MR) is 121 cm³/mol. The number of hydrogen-bond acceptors (Lipinski definition) is 4. The summed E-state index contributed by atoms with van der Waals surface area (Å²) >= 11 is 7.33. The van der Waals surface area contributed by atoms with Crippen molar-refractivity contribution in [1.82, 2.24) is 10.3 Å². The minimum Gasteiger partial charge on any atom is -0.489 e. The molecule has 1 amide bonds. The summed E-state index contributed by atoms with van der Waals surface area (Å²) in [5.74, 6) is -0.382. The number of rotatable bonds is 7. The Morgan fingerprint density at radius 1 is 1.06 bits per heavy atom. The standard InChI is InChI=1S/C24H18ClFN2O2S/c25-20-9-5-4-8-17(20)14-30-18-10-11-19(21(26)12-18)24-28-22(15-31-24)23(29)27-13-16-6-2-1-3-7-16/h1-12,15H,13-14H2,(H,27,29). The van der Waals surface area contributed by atoms with E-state index in [-0.39, 0.29) is 18.2 Å². The maximum absolute atomic E-state index is 14.7. The lowest BCUT2D eigenvalue weighted by Gasteiger charge is -2.09. The van der Waals surface area contributed by atoms with Crippen LogP contribution in [0.3, 0.4) is 0 Å². The van der Waals surface area contributed by atoms with Gasteiger partial charge in [-0.1, -0.05) is 60.1 Å². The second-order valence-electron chi connectivity index (χ2n) is 6.73. The number of benzene rings is 3. The third-order valence-electron chi connectivity index (χ3n) is 4.56.